The van der Waals surface area contributed by atoms with E-state index in [0.29, 0.717) is 17.5 Å². The van der Waals surface area contributed by atoms with Crippen LogP contribution in [0.1, 0.15) is 60.9 Å². The average Bonchev–Trinajstić information content (AvgIpc) is 3.57. The Hall–Kier alpha value is -2.14. The van der Waals surface area contributed by atoms with Gasteiger partial charge in [-0.3, -0.25) is 9.48 Å². The smallest absolute Gasteiger partial charge is 0.258 e. The van der Waals surface area contributed by atoms with Crippen LogP contribution in [0.2, 0.25) is 0 Å². The first-order valence-corrected chi connectivity index (χ1v) is 9.90. The monoisotopic (exact) mass is 352 g/mol. The molecule has 0 aliphatic heterocycles. The van der Waals surface area contributed by atoms with Crippen molar-refractivity contribution in [3.63, 3.8) is 0 Å². The molecule has 26 heavy (non-hydrogen) atoms. The number of amides is 1. The number of aryl methyl sites for hydroxylation is 1. The van der Waals surface area contributed by atoms with E-state index in [-0.39, 0.29) is 5.91 Å². The molecule has 2 unspecified atom stereocenters. The van der Waals surface area contributed by atoms with Crippen molar-refractivity contribution in [1.82, 2.24) is 15.1 Å². The zero-order valence-electron chi connectivity index (χ0n) is 15.4. The molecule has 138 valence electrons. The lowest BCUT2D eigenvalue weighted by molar-refractivity contribution is 0.102. The molecule has 2 fully saturated rings. The largest absolute Gasteiger partial charge is 0.322 e. The summed E-state index contributed by atoms with van der Waals surface area (Å²) in [6.07, 6.45) is 9.68. The van der Waals surface area contributed by atoms with E-state index in [0.717, 1.165) is 31.0 Å². The van der Waals surface area contributed by atoms with Crippen molar-refractivity contribution in [1.29, 1.82) is 0 Å². The van der Waals surface area contributed by atoms with Gasteiger partial charge in [0.25, 0.3) is 5.91 Å². The van der Waals surface area contributed by atoms with Crippen LogP contribution in [-0.2, 0) is 6.54 Å². The molecule has 0 bridgehead atoms. The summed E-state index contributed by atoms with van der Waals surface area (Å²) < 4.78 is 1.84. The minimum absolute atomic E-state index is 0.101. The summed E-state index contributed by atoms with van der Waals surface area (Å²) in [5.74, 6) is 1.46. The fourth-order valence-corrected chi connectivity index (χ4v) is 3.37. The second-order valence-corrected chi connectivity index (χ2v) is 7.72. The number of benzene rings is 1. The molecule has 5 heteroatoms. The van der Waals surface area contributed by atoms with Crippen molar-refractivity contribution < 1.29 is 4.79 Å². The standard InChI is InChI=1S/C21H28N4O/c1-2-3-10-25-14-17(13-23-25)21(26)24-18-8-6-16(7-9-18)19-11-20(19)22-12-15-4-5-15/h6-9,13-15,19-20,22H,2-5,10-12H2,1H3,(H,24,26). The van der Waals surface area contributed by atoms with Crippen molar-refractivity contribution in [2.75, 3.05) is 11.9 Å². The van der Waals surface area contributed by atoms with Crippen molar-refractivity contribution in [3.05, 3.63) is 47.8 Å². The molecule has 0 spiro atoms. The van der Waals surface area contributed by atoms with Gasteiger partial charge in [-0.05, 0) is 55.8 Å². The molecular formula is C21H28N4O. The minimum Gasteiger partial charge on any atom is -0.322 e. The number of unbranched alkanes of at least 4 members (excludes halogenated alkanes) is 1. The third-order valence-electron chi connectivity index (χ3n) is 5.39. The van der Waals surface area contributed by atoms with E-state index in [1.54, 1.807) is 6.20 Å². The quantitative estimate of drug-likeness (QED) is 0.722. The van der Waals surface area contributed by atoms with Gasteiger partial charge in [0.05, 0.1) is 11.8 Å². The molecule has 0 saturated heterocycles. The van der Waals surface area contributed by atoms with Gasteiger partial charge in [0.2, 0.25) is 0 Å². The molecule has 2 aliphatic rings. The Morgan fingerprint density at radius 2 is 2.08 bits per heavy atom. The summed E-state index contributed by atoms with van der Waals surface area (Å²) in [6.45, 7) is 4.19. The second kappa shape index (κ2) is 7.62. The summed E-state index contributed by atoms with van der Waals surface area (Å²) in [5, 5.41) is 10.9. The van der Waals surface area contributed by atoms with Crippen LogP contribution in [0.5, 0.6) is 0 Å². The Morgan fingerprint density at radius 3 is 2.81 bits per heavy atom. The summed E-state index contributed by atoms with van der Waals surface area (Å²) in [6, 6.07) is 8.94. The molecule has 4 rings (SSSR count). The number of rotatable bonds is 9. The van der Waals surface area contributed by atoms with Crippen LogP contribution in [-0.4, -0.2) is 28.3 Å². The molecule has 1 amide bonds. The van der Waals surface area contributed by atoms with Crippen LogP contribution >= 0.6 is 0 Å². The van der Waals surface area contributed by atoms with E-state index in [4.69, 9.17) is 0 Å². The molecule has 2 atom stereocenters. The zero-order valence-corrected chi connectivity index (χ0v) is 15.4. The molecule has 1 aromatic heterocycles. The third-order valence-corrected chi connectivity index (χ3v) is 5.39. The first-order chi connectivity index (χ1) is 12.7. The molecule has 2 aromatic rings. The maximum absolute atomic E-state index is 12.4. The van der Waals surface area contributed by atoms with Gasteiger partial charge in [-0.25, -0.2) is 0 Å². The number of hydrogen-bond acceptors (Lipinski definition) is 3. The third kappa shape index (κ3) is 4.33. The maximum atomic E-state index is 12.4. The van der Waals surface area contributed by atoms with E-state index in [1.165, 1.54) is 31.4 Å². The predicted molar refractivity (Wildman–Crippen MR) is 103 cm³/mol. The van der Waals surface area contributed by atoms with Crippen LogP contribution in [0, 0.1) is 5.92 Å². The number of carbonyl (C=O) groups is 1. The Labute approximate surface area is 155 Å². The maximum Gasteiger partial charge on any atom is 0.258 e. The van der Waals surface area contributed by atoms with Crippen LogP contribution in [0.3, 0.4) is 0 Å². The van der Waals surface area contributed by atoms with Crippen LogP contribution < -0.4 is 10.6 Å². The Balaban J connectivity index is 1.28. The second-order valence-electron chi connectivity index (χ2n) is 7.72. The number of aromatic nitrogens is 2. The number of nitrogens with zero attached hydrogens (tertiary/aromatic N) is 2. The van der Waals surface area contributed by atoms with E-state index in [1.807, 2.05) is 23.0 Å². The average molecular weight is 352 g/mol. The highest BCUT2D eigenvalue weighted by Crippen LogP contribution is 2.41. The summed E-state index contributed by atoms with van der Waals surface area (Å²) in [7, 11) is 0. The fraction of sp³-hybridized carbons (Fsp3) is 0.524. The lowest BCUT2D eigenvalue weighted by Gasteiger charge is -2.06. The Morgan fingerprint density at radius 1 is 1.27 bits per heavy atom. The van der Waals surface area contributed by atoms with Gasteiger partial charge in [0.1, 0.15) is 0 Å². The first kappa shape index (κ1) is 17.3. The SMILES string of the molecule is CCCCn1cc(C(=O)Nc2ccc(C3CC3NCC3CC3)cc2)cn1. The Kier molecular flexibility index (Phi) is 5.07. The number of carbonyl (C=O) groups excluding carboxylic acids is 1. The summed E-state index contributed by atoms with van der Waals surface area (Å²) >= 11 is 0. The molecule has 2 aliphatic carbocycles. The topological polar surface area (TPSA) is 59.0 Å². The molecular weight excluding hydrogens is 324 g/mol. The predicted octanol–water partition coefficient (Wildman–Crippen LogP) is 3.79. The van der Waals surface area contributed by atoms with Gasteiger partial charge in [-0.2, -0.15) is 5.10 Å². The van der Waals surface area contributed by atoms with Gasteiger partial charge in [-0.15, -0.1) is 0 Å². The molecule has 2 saturated carbocycles. The molecule has 0 radical (unpaired) electrons. The highest BCUT2D eigenvalue weighted by molar-refractivity contribution is 6.03. The fourth-order valence-electron chi connectivity index (χ4n) is 3.37. The van der Waals surface area contributed by atoms with E-state index in [9.17, 15) is 4.79 Å². The number of anilines is 1. The highest BCUT2D eigenvalue weighted by Gasteiger charge is 2.38. The summed E-state index contributed by atoms with van der Waals surface area (Å²) in [5.41, 5.74) is 2.81. The summed E-state index contributed by atoms with van der Waals surface area (Å²) in [4.78, 5) is 12.4. The zero-order chi connectivity index (χ0) is 17.9. The molecule has 1 heterocycles. The molecule has 2 N–H and O–H groups in total. The van der Waals surface area contributed by atoms with E-state index in [2.05, 4.69) is 34.8 Å². The van der Waals surface area contributed by atoms with Crippen molar-refractivity contribution in [3.8, 4) is 0 Å². The van der Waals surface area contributed by atoms with Crippen molar-refractivity contribution >= 4 is 11.6 Å². The highest BCUT2D eigenvalue weighted by atomic mass is 16.1. The lowest BCUT2D eigenvalue weighted by Crippen LogP contribution is -2.20. The van der Waals surface area contributed by atoms with Crippen molar-refractivity contribution in [2.24, 2.45) is 5.92 Å². The minimum atomic E-state index is -0.101. The normalized spacial score (nSPS) is 21.6. The van der Waals surface area contributed by atoms with Gasteiger partial charge in [0.15, 0.2) is 0 Å². The van der Waals surface area contributed by atoms with Crippen LogP contribution in [0.15, 0.2) is 36.7 Å². The van der Waals surface area contributed by atoms with Gasteiger partial charge in [-0.1, -0.05) is 25.5 Å². The van der Waals surface area contributed by atoms with E-state index < -0.39 is 0 Å². The van der Waals surface area contributed by atoms with Gasteiger partial charge in [0, 0.05) is 30.4 Å². The van der Waals surface area contributed by atoms with E-state index >= 15 is 0 Å². The van der Waals surface area contributed by atoms with Gasteiger partial charge >= 0.3 is 0 Å². The van der Waals surface area contributed by atoms with Crippen LogP contribution in [0.25, 0.3) is 0 Å². The molecule has 5 nitrogen and oxygen atoms in total. The number of hydrogen-bond donors (Lipinski definition) is 2. The lowest BCUT2D eigenvalue weighted by atomic mass is 10.1. The van der Waals surface area contributed by atoms with Gasteiger partial charge < -0.3 is 10.6 Å². The number of nitrogens with one attached hydrogen (secondary N) is 2. The van der Waals surface area contributed by atoms with Crippen molar-refractivity contribution in [2.45, 2.75) is 57.5 Å². The van der Waals surface area contributed by atoms with Crippen LogP contribution in [0.4, 0.5) is 5.69 Å². The molecule has 1 aromatic carbocycles. The first-order valence-electron chi connectivity index (χ1n) is 9.90. The Bertz CT molecular complexity index is 748.